The van der Waals surface area contributed by atoms with Crippen LogP contribution in [0, 0.1) is 11.3 Å². The maximum absolute atomic E-state index is 14.4. The summed E-state index contributed by atoms with van der Waals surface area (Å²) < 4.78 is 52.2. The molecule has 234 valence electrons. The number of alkyl halides is 3. The summed E-state index contributed by atoms with van der Waals surface area (Å²) >= 11 is 0. The highest BCUT2D eigenvalue weighted by Gasteiger charge is 2.58. The van der Waals surface area contributed by atoms with E-state index in [1.807, 2.05) is 75.4 Å². The van der Waals surface area contributed by atoms with E-state index in [2.05, 4.69) is 5.32 Å². The van der Waals surface area contributed by atoms with Crippen LogP contribution in [0.1, 0.15) is 54.6 Å². The lowest BCUT2D eigenvalue weighted by Gasteiger charge is -2.36. The number of carbonyl (C=O) groups is 2. The van der Waals surface area contributed by atoms with Crippen LogP contribution < -0.4 is 10.1 Å². The van der Waals surface area contributed by atoms with Gasteiger partial charge in [-0.2, -0.15) is 13.2 Å². The maximum atomic E-state index is 14.4. The van der Waals surface area contributed by atoms with E-state index in [-0.39, 0.29) is 24.5 Å². The van der Waals surface area contributed by atoms with E-state index in [4.69, 9.17) is 9.47 Å². The molecule has 10 heteroatoms. The van der Waals surface area contributed by atoms with E-state index in [1.165, 1.54) is 18.1 Å². The molecule has 1 amide bonds. The third-order valence-corrected chi connectivity index (χ3v) is 8.69. The Kier molecular flexibility index (Phi) is 8.77. The summed E-state index contributed by atoms with van der Waals surface area (Å²) in [4.78, 5) is 29.0. The fraction of sp³-hybridized carbons (Fsp3) is 0.412. The van der Waals surface area contributed by atoms with Crippen LogP contribution >= 0.6 is 0 Å². The Hall–Kier alpha value is -3.89. The van der Waals surface area contributed by atoms with Gasteiger partial charge in [0.05, 0.1) is 25.3 Å². The number of amides is 1. The summed E-state index contributed by atoms with van der Waals surface area (Å²) in [7, 11) is 1.38. The predicted molar refractivity (Wildman–Crippen MR) is 158 cm³/mol. The standard InChI is InChI=1S/C34H37F3N2O5/c1-33(2,3)27-28(38-18-23-16-24(34(35,36)37)14-15-25(23)43-4)29(20-10-6-5-7-11-20)39(30(27)32(41)42)31(40)26-17-21-12-8-9-13-22(21)19-44-26/h5-16,26-30,38H,17-19H2,1-4H3,(H,41,42)/t26?,27-,28-,29-,30-/m0/s1. The summed E-state index contributed by atoms with van der Waals surface area (Å²) in [5.41, 5.74) is 1.49. The summed E-state index contributed by atoms with van der Waals surface area (Å²) in [6.07, 6.45) is -5.13. The number of carbonyl (C=O) groups excluding carboxylic acids is 1. The zero-order valence-electron chi connectivity index (χ0n) is 25.1. The van der Waals surface area contributed by atoms with Crippen LogP contribution in [0.4, 0.5) is 13.2 Å². The molecule has 1 saturated heterocycles. The van der Waals surface area contributed by atoms with Crippen molar-refractivity contribution in [1.82, 2.24) is 10.2 Å². The second-order valence-electron chi connectivity index (χ2n) is 12.5. The van der Waals surface area contributed by atoms with Gasteiger partial charge in [0, 0.05) is 30.5 Å². The van der Waals surface area contributed by atoms with E-state index in [1.54, 1.807) is 0 Å². The molecule has 0 aliphatic carbocycles. The number of nitrogens with zero attached hydrogens (tertiary/aromatic N) is 1. The predicted octanol–water partition coefficient (Wildman–Crippen LogP) is 6.01. The molecule has 1 fully saturated rings. The third kappa shape index (κ3) is 6.19. The van der Waals surface area contributed by atoms with Crippen molar-refractivity contribution in [3.63, 3.8) is 0 Å². The molecule has 0 radical (unpaired) electrons. The van der Waals surface area contributed by atoms with Gasteiger partial charge >= 0.3 is 12.1 Å². The smallest absolute Gasteiger partial charge is 0.416 e. The average Bonchev–Trinajstić information content (AvgIpc) is 3.35. The fourth-order valence-electron chi connectivity index (χ4n) is 6.72. The minimum Gasteiger partial charge on any atom is -0.496 e. The number of carboxylic acid groups (broad SMARTS) is 1. The SMILES string of the molecule is COc1ccc(C(F)(F)F)cc1CN[C@H]1[C@H](C(C)(C)C)[C@@H](C(=O)O)N(C(=O)C2Cc3ccccc3CO2)[C@H]1c1ccccc1. The van der Waals surface area contributed by atoms with Crippen molar-refractivity contribution < 1.29 is 37.3 Å². The molecule has 5 atom stereocenters. The number of hydrogen-bond acceptors (Lipinski definition) is 5. The van der Waals surface area contributed by atoms with Crippen molar-refractivity contribution in [3.8, 4) is 5.75 Å². The van der Waals surface area contributed by atoms with Crippen LogP contribution in [0.15, 0.2) is 72.8 Å². The first-order chi connectivity index (χ1) is 20.8. The molecule has 0 spiro atoms. The highest BCUT2D eigenvalue weighted by Crippen LogP contribution is 2.49. The highest BCUT2D eigenvalue weighted by molar-refractivity contribution is 5.88. The lowest BCUT2D eigenvalue weighted by atomic mass is 9.72. The van der Waals surface area contributed by atoms with Crippen LogP contribution in [0.25, 0.3) is 0 Å². The van der Waals surface area contributed by atoms with Crippen molar-refractivity contribution in [2.45, 2.75) is 70.7 Å². The van der Waals surface area contributed by atoms with E-state index in [0.717, 1.165) is 23.3 Å². The number of halogens is 3. The quantitative estimate of drug-likeness (QED) is 0.341. The van der Waals surface area contributed by atoms with Crippen molar-refractivity contribution in [1.29, 1.82) is 0 Å². The average molecular weight is 611 g/mol. The highest BCUT2D eigenvalue weighted by atomic mass is 19.4. The first-order valence-electron chi connectivity index (χ1n) is 14.6. The van der Waals surface area contributed by atoms with Gasteiger partial charge in [-0.1, -0.05) is 75.4 Å². The number of fused-ring (bicyclic) bond motifs is 1. The Morgan fingerprint density at radius 1 is 1.00 bits per heavy atom. The molecule has 2 aliphatic rings. The van der Waals surface area contributed by atoms with Gasteiger partial charge < -0.3 is 24.8 Å². The molecule has 0 aromatic heterocycles. The molecule has 5 rings (SSSR count). The number of rotatable bonds is 7. The molecule has 7 nitrogen and oxygen atoms in total. The fourth-order valence-corrected chi connectivity index (χ4v) is 6.72. The number of methoxy groups -OCH3 is 1. The lowest BCUT2D eigenvalue weighted by Crippen LogP contribution is -2.51. The number of ether oxygens (including phenoxy) is 2. The van der Waals surface area contributed by atoms with Crippen molar-refractivity contribution in [2.24, 2.45) is 11.3 Å². The van der Waals surface area contributed by atoms with Crippen LogP contribution in [0.2, 0.25) is 0 Å². The van der Waals surface area contributed by atoms with Crippen molar-refractivity contribution in [3.05, 3.63) is 101 Å². The van der Waals surface area contributed by atoms with Gasteiger partial charge in [-0.15, -0.1) is 0 Å². The lowest BCUT2D eigenvalue weighted by molar-refractivity contribution is -0.159. The second-order valence-corrected chi connectivity index (χ2v) is 12.5. The van der Waals surface area contributed by atoms with Gasteiger partial charge in [0.15, 0.2) is 0 Å². The van der Waals surface area contributed by atoms with Crippen molar-refractivity contribution in [2.75, 3.05) is 7.11 Å². The van der Waals surface area contributed by atoms with Gasteiger partial charge in [0.25, 0.3) is 5.91 Å². The summed E-state index contributed by atoms with van der Waals surface area (Å²) in [6, 6.07) is 17.5. The summed E-state index contributed by atoms with van der Waals surface area (Å²) in [6.45, 7) is 5.92. The summed E-state index contributed by atoms with van der Waals surface area (Å²) in [5, 5.41) is 14.1. The molecule has 2 N–H and O–H groups in total. The van der Waals surface area contributed by atoms with E-state index < -0.39 is 59.2 Å². The van der Waals surface area contributed by atoms with Gasteiger partial charge in [0.2, 0.25) is 0 Å². The van der Waals surface area contributed by atoms with Crippen LogP contribution in [-0.2, 0) is 40.1 Å². The molecule has 0 saturated carbocycles. The first-order valence-corrected chi connectivity index (χ1v) is 14.6. The van der Waals surface area contributed by atoms with Crippen LogP contribution in [0.5, 0.6) is 5.75 Å². The third-order valence-electron chi connectivity index (χ3n) is 8.69. The van der Waals surface area contributed by atoms with Crippen LogP contribution in [-0.4, -0.2) is 47.2 Å². The number of hydrogen-bond donors (Lipinski definition) is 2. The minimum absolute atomic E-state index is 0.0463. The molecule has 3 aromatic rings. The van der Waals surface area contributed by atoms with Gasteiger partial charge in [-0.3, -0.25) is 4.79 Å². The zero-order chi connectivity index (χ0) is 31.8. The summed E-state index contributed by atoms with van der Waals surface area (Å²) in [5.74, 6) is -1.95. The molecule has 3 aromatic carbocycles. The first kappa shape index (κ1) is 31.5. The number of carboxylic acids is 1. The Morgan fingerprint density at radius 3 is 2.27 bits per heavy atom. The molecule has 2 aliphatic heterocycles. The molecular formula is C34H37F3N2O5. The Labute approximate surface area is 255 Å². The largest absolute Gasteiger partial charge is 0.496 e. The van der Waals surface area contributed by atoms with Gasteiger partial charge in [0.1, 0.15) is 17.9 Å². The normalized spacial score (nSPS) is 23.7. The second kappa shape index (κ2) is 12.2. The number of benzene rings is 3. The number of nitrogens with one attached hydrogen (secondary N) is 1. The Balaban J connectivity index is 1.58. The number of aliphatic carboxylic acids is 1. The van der Waals surface area contributed by atoms with E-state index in [0.29, 0.717) is 12.0 Å². The van der Waals surface area contributed by atoms with E-state index in [9.17, 15) is 27.9 Å². The molecular weight excluding hydrogens is 573 g/mol. The van der Waals surface area contributed by atoms with Crippen LogP contribution in [0.3, 0.4) is 0 Å². The monoisotopic (exact) mass is 610 g/mol. The van der Waals surface area contributed by atoms with Crippen molar-refractivity contribution >= 4 is 11.9 Å². The Bertz CT molecular complexity index is 1500. The minimum atomic E-state index is -4.55. The van der Waals surface area contributed by atoms with E-state index >= 15 is 0 Å². The maximum Gasteiger partial charge on any atom is 0.416 e. The Morgan fingerprint density at radius 2 is 1.66 bits per heavy atom. The molecule has 0 bridgehead atoms. The molecule has 44 heavy (non-hydrogen) atoms. The molecule has 1 unspecified atom stereocenters. The van der Waals surface area contributed by atoms with Gasteiger partial charge in [-0.05, 0) is 40.3 Å². The molecule has 2 heterocycles. The van der Waals surface area contributed by atoms with Gasteiger partial charge in [-0.25, -0.2) is 4.79 Å². The topological polar surface area (TPSA) is 88.1 Å². The number of likely N-dealkylation sites (tertiary alicyclic amines) is 1. The zero-order valence-corrected chi connectivity index (χ0v) is 25.1.